The summed E-state index contributed by atoms with van der Waals surface area (Å²) in [7, 11) is 0. The molecule has 0 radical (unpaired) electrons. The van der Waals surface area contributed by atoms with Gasteiger partial charge in [-0.1, -0.05) is 13.0 Å². The van der Waals surface area contributed by atoms with E-state index in [9.17, 15) is 0 Å². The van der Waals surface area contributed by atoms with Crippen LogP contribution in [0.1, 0.15) is 35.1 Å². The fourth-order valence-corrected chi connectivity index (χ4v) is 1.93. The predicted octanol–water partition coefficient (Wildman–Crippen LogP) is 4.07. The summed E-state index contributed by atoms with van der Waals surface area (Å²) >= 11 is 6.32. The molecule has 2 rings (SSSR count). The molecule has 0 spiro atoms. The molecular formula is C14H16ClNO. The summed E-state index contributed by atoms with van der Waals surface area (Å²) in [5.74, 6) is 1.80. The highest BCUT2D eigenvalue weighted by Gasteiger charge is 2.13. The van der Waals surface area contributed by atoms with E-state index < -0.39 is 0 Å². The zero-order valence-electron chi connectivity index (χ0n) is 10.1. The summed E-state index contributed by atoms with van der Waals surface area (Å²) in [5, 5.41) is -0.148. The lowest BCUT2D eigenvalue weighted by molar-refractivity contribution is 0.463. The van der Waals surface area contributed by atoms with Crippen molar-refractivity contribution >= 4 is 11.6 Å². The molecule has 0 aliphatic rings. The molecule has 0 bridgehead atoms. The molecule has 2 aromatic rings. The summed E-state index contributed by atoms with van der Waals surface area (Å²) in [6.07, 6.45) is 3.45. The van der Waals surface area contributed by atoms with E-state index in [1.807, 2.05) is 37.4 Å². The molecule has 0 saturated carbocycles. The molecule has 0 N–H and O–H groups in total. The van der Waals surface area contributed by atoms with Crippen LogP contribution in [0.25, 0.3) is 0 Å². The van der Waals surface area contributed by atoms with Gasteiger partial charge in [-0.15, -0.1) is 11.6 Å². The average Bonchev–Trinajstić information content (AvgIpc) is 2.81. The van der Waals surface area contributed by atoms with Crippen molar-refractivity contribution in [3.05, 3.63) is 53.2 Å². The topological polar surface area (TPSA) is 26.0 Å². The van der Waals surface area contributed by atoms with E-state index in [-0.39, 0.29) is 5.38 Å². The highest BCUT2D eigenvalue weighted by molar-refractivity contribution is 6.20. The van der Waals surface area contributed by atoms with Crippen molar-refractivity contribution in [2.75, 3.05) is 0 Å². The Morgan fingerprint density at radius 3 is 2.71 bits per heavy atom. The number of halogens is 1. The Balaban J connectivity index is 2.05. The first-order valence-corrected chi connectivity index (χ1v) is 6.27. The summed E-state index contributed by atoms with van der Waals surface area (Å²) < 4.78 is 5.63. The van der Waals surface area contributed by atoms with Crippen LogP contribution in [0.3, 0.4) is 0 Å². The number of rotatable bonds is 4. The van der Waals surface area contributed by atoms with Crippen LogP contribution in [0.2, 0.25) is 0 Å². The zero-order valence-corrected chi connectivity index (χ0v) is 10.9. The largest absolute Gasteiger partial charge is 0.465 e. The van der Waals surface area contributed by atoms with Gasteiger partial charge in [-0.3, -0.25) is 4.98 Å². The molecular weight excluding hydrogens is 234 g/mol. The van der Waals surface area contributed by atoms with Crippen molar-refractivity contribution in [3.63, 3.8) is 0 Å². The number of hydrogen-bond acceptors (Lipinski definition) is 2. The molecule has 2 nitrogen and oxygen atoms in total. The number of hydrogen-bond donors (Lipinski definition) is 0. The van der Waals surface area contributed by atoms with Crippen LogP contribution in [0, 0.1) is 6.92 Å². The van der Waals surface area contributed by atoms with Gasteiger partial charge in [-0.2, -0.15) is 0 Å². The van der Waals surface area contributed by atoms with Crippen molar-refractivity contribution in [2.45, 2.75) is 32.1 Å². The third kappa shape index (κ3) is 3.10. The molecule has 0 fully saturated rings. The Bertz CT molecular complexity index is 475. The lowest BCUT2D eigenvalue weighted by Gasteiger charge is -2.06. The molecule has 0 aromatic carbocycles. The molecule has 2 aromatic heterocycles. The Kier molecular flexibility index (Phi) is 3.85. The SMILES string of the molecule is CCc1ccc(C(Cl)Cc2ccc(C)cn2)o1. The molecule has 90 valence electrons. The molecule has 0 amide bonds. The van der Waals surface area contributed by atoms with Gasteiger partial charge in [0.05, 0.1) is 5.38 Å². The smallest absolute Gasteiger partial charge is 0.122 e. The van der Waals surface area contributed by atoms with Gasteiger partial charge < -0.3 is 4.42 Å². The highest BCUT2D eigenvalue weighted by Crippen LogP contribution is 2.26. The molecule has 0 aliphatic carbocycles. The van der Waals surface area contributed by atoms with Crippen LogP contribution < -0.4 is 0 Å². The first-order chi connectivity index (χ1) is 8.19. The minimum atomic E-state index is -0.148. The number of aromatic nitrogens is 1. The van der Waals surface area contributed by atoms with Gasteiger partial charge in [-0.05, 0) is 30.7 Å². The summed E-state index contributed by atoms with van der Waals surface area (Å²) in [6.45, 7) is 4.09. The lowest BCUT2D eigenvalue weighted by Crippen LogP contribution is -1.97. The van der Waals surface area contributed by atoms with Crippen molar-refractivity contribution in [3.8, 4) is 0 Å². The first kappa shape index (κ1) is 12.2. The van der Waals surface area contributed by atoms with Gasteiger partial charge in [0.1, 0.15) is 11.5 Å². The van der Waals surface area contributed by atoms with Gasteiger partial charge in [0.25, 0.3) is 0 Å². The minimum Gasteiger partial charge on any atom is -0.465 e. The molecule has 1 unspecified atom stereocenters. The molecule has 0 saturated heterocycles. The second-order valence-corrected chi connectivity index (χ2v) is 4.68. The van der Waals surface area contributed by atoms with E-state index in [2.05, 4.69) is 11.9 Å². The lowest BCUT2D eigenvalue weighted by atomic mass is 10.1. The van der Waals surface area contributed by atoms with Crippen LogP contribution in [-0.4, -0.2) is 4.98 Å². The minimum absolute atomic E-state index is 0.148. The Morgan fingerprint density at radius 2 is 2.12 bits per heavy atom. The van der Waals surface area contributed by atoms with E-state index in [4.69, 9.17) is 16.0 Å². The molecule has 3 heteroatoms. The number of furan rings is 1. The zero-order chi connectivity index (χ0) is 12.3. The van der Waals surface area contributed by atoms with Crippen LogP contribution in [-0.2, 0) is 12.8 Å². The third-order valence-corrected chi connectivity index (χ3v) is 3.07. The van der Waals surface area contributed by atoms with Gasteiger partial charge in [0, 0.05) is 24.7 Å². The monoisotopic (exact) mass is 249 g/mol. The first-order valence-electron chi connectivity index (χ1n) is 5.83. The van der Waals surface area contributed by atoms with E-state index in [1.54, 1.807) is 0 Å². The Hall–Kier alpha value is -1.28. The number of aryl methyl sites for hydroxylation is 2. The highest BCUT2D eigenvalue weighted by atomic mass is 35.5. The normalized spacial score (nSPS) is 12.6. The van der Waals surface area contributed by atoms with Crippen LogP contribution in [0.4, 0.5) is 0 Å². The van der Waals surface area contributed by atoms with Crippen molar-refractivity contribution in [1.29, 1.82) is 0 Å². The van der Waals surface area contributed by atoms with Gasteiger partial charge in [-0.25, -0.2) is 0 Å². The second kappa shape index (κ2) is 5.37. The maximum atomic E-state index is 6.32. The number of nitrogens with zero attached hydrogens (tertiary/aromatic N) is 1. The second-order valence-electron chi connectivity index (χ2n) is 4.16. The van der Waals surface area contributed by atoms with E-state index in [0.717, 1.165) is 29.2 Å². The van der Waals surface area contributed by atoms with Gasteiger partial charge in [0.15, 0.2) is 0 Å². The van der Waals surface area contributed by atoms with Gasteiger partial charge >= 0.3 is 0 Å². The Morgan fingerprint density at radius 1 is 1.29 bits per heavy atom. The van der Waals surface area contributed by atoms with Gasteiger partial charge in [0.2, 0.25) is 0 Å². The maximum absolute atomic E-state index is 6.32. The fourth-order valence-electron chi connectivity index (χ4n) is 1.66. The molecule has 17 heavy (non-hydrogen) atoms. The van der Waals surface area contributed by atoms with Crippen molar-refractivity contribution in [1.82, 2.24) is 4.98 Å². The molecule has 2 heterocycles. The van der Waals surface area contributed by atoms with E-state index in [1.165, 1.54) is 0 Å². The van der Waals surface area contributed by atoms with Crippen molar-refractivity contribution < 1.29 is 4.42 Å². The standard InChI is InChI=1S/C14H16ClNO/c1-3-12-6-7-14(17-12)13(15)8-11-5-4-10(2)9-16-11/h4-7,9,13H,3,8H2,1-2H3. The third-order valence-electron chi connectivity index (χ3n) is 2.70. The quantitative estimate of drug-likeness (QED) is 0.764. The van der Waals surface area contributed by atoms with Crippen LogP contribution >= 0.6 is 11.6 Å². The number of pyridine rings is 1. The average molecular weight is 250 g/mol. The maximum Gasteiger partial charge on any atom is 0.122 e. The van der Waals surface area contributed by atoms with E-state index in [0.29, 0.717) is 6.42 Å². The van der Waals surface area contributed by atoms with Crippen molar-refractivity contribution in [2.24, 2.45) is 0 Å². The van der Waals surface area contributed by atoms with Crippen LogP contribution in [0.5, 0.6) is 0 Å². The van der Waals surface area contributed by atoms with Crippen LogP contribution in [0.15, 0.2) is 34.9 Å². The summed E-state index contributed by atoms with van der Waals surface area (Å²) in [4.78, 5) is 4.34. The number of alkyl halides is 1. The van der Waals surface area contributed by atoms with E-state index >= 15 is 0 Å². The predicted molar refractivity (Wildman–Crippen MR) is 69.4 cm³/mol. The summed E-state index contributed by atoms with van der Waals surface area (Å²) in [6, 6.07) is 7.98. The molecule has 1 atom stereocenters. The molecule has 0 aliphatic heterocycles. The summed E-state index contributed by atoms with van der Waals surface area (Å²) in [5.41, 5.74) is 2.15. The fraction of sp³-hybridized carbons (Fsp3) is 0.357. The Labute approximate surface area is 107 Å².